The number of benzene rings is 1. The lowest BCUT2D eigenvalue weighted by molar-refractivity contribution is -0.121. The third-order valence-corrected chi connectivity index (χ3v) is 6.22. The Bertz CT molecular complexity index is 1220. The minimum absolute atomic E-state index is 0.173. The second-order valence-electron chi connectivity index (χ2n) is 10.1. The van der Waals surface area contributed by atoms with Gasteiger partial charge in [-0.25, -0.2) is 9.18 Å². The monoisotopic (exact) mass is 482 g/mol. The number of fused-ring (bicyclic) bond motifs is 1. The van der Waals surface area contributed by atoms with Gasteiger partial charge in [0.15, 0.2) is 0 Å². The van der Waals surface area contributed by atoms with Crippen molar-refractivity contribution in [2.75, 3.05) is 23.7 Å². The van der Waals surface area contributed by atoms with Crippen molar-refractivity contribution >= 4 is 40.9 Å². The summed E-state index contributed by atoms with van der Waals surface area (Å²) in [6.07, 6.45) is 2.64. The lowest BCUT2D eigenvalue weighted by Crippen LogP contribution is -2.45. The van der Waals surface area contributed by atoms with E-state index in [1.807, 2.05) is 34.6 Å². The van der Waals surface area contributed by atoms with Crippen molar-refractivity contribution in [2.24, 2.45) is 5.92 Å². The van der Waals surface area contributed by atoms with Gasteiger partial charge in [-0.15, -0.1) is 0 Å². The van der Waals surface area contributed by atoms with E-state index in [0.717, 1.165) is 11.3 Å². The molecule has 0 radical (unpaired) electrons. The number of nitrogens with zero attached hydrogens (tertiary/aromatic N) is 1. The van der Waals surface area contributed by atoms with Crippen molar-refractivity contribution in [3.63, 3.8) is 0 Å². The zero-order valence-electron chi connectivity index (χ0n) is 20.7. The van der Waals surface area contributed by atoms with Crippen LogP contribution in [0.1, 0.15) is 56.1 Å². The summed E-state index contributed by atoms with van der Waals surface area (Å²) in [5, 5.41) is 5.74. The van der Waals surface area contributed by atoms with Crippen molar-refractivity contribution in [1.82, 2.24) is 9.88 Å². The van der Waals surface area contributed by atoms with Crippen molar-refractivity contribution in [2.45, 2.75) is 53.1 Å². The van der Waals surface area contributed by atoms with Crippen LogP contribution in [0, 0.1) is 25.6 Å². The molecular weight excluding hydrogens is 451 g/mol. The summed E-state index contributed by atoms with van der Waals surface area (Å²) >= 11 is 0. The van der Waals surface area contributed by atoms with Crippen LogP contribution in [0.25, 0.3) is 11.6 Å². The number of amides is 3. The van der Waals surface area contributed by atoms with E-state index in [1.54, 1.807) is 11.0 Å². The molecule has 3 heterocycles. The lowest BCUT2D eigenvalue weighted by Gasteiger charge is -2.33. The molecule has 2 aromatic rings. The zero-order chi connectivity index (χ0) is 25.5. The molecular formula is C26H31FN4O4. The van der Waals surface area contributed by atoms with Gasteiger partial charge in [-0.2, -0.15) is 0 Å². The van der Waals surface area contributed by atoms with Crippen molar-refractivity contribution in [3.05, 3.63) is 46.5 Å². The van der Waals surface area contributed by atoms with E-state index in [9.17, 15) is 18.8 Å². The molecule has 1 aromatic heterocycles. The molecule has 4 rings (SSSR count). The van der Waals surface area contributed by atoms with Gasteiger partial charge in [-0.3, -0.25) is 9.59 Å². The van der Waals surface area contributed by atoms with E-state index in [-0.39, 0.29) is 17.7 Å². The molecule has 9 heteroatoms. The fourth-order valence-electron chi connectivity index (χ4n) is 4.46. The van der Waals surface area contributed by atoms with Gasteiger partial charge in [0, 0.05) is 35.7 Å². The number of carbonyl (C=O) groups excluding carboxylic acids is 3. The number of carbonyl (C=O) groups is 3. The highest BCUT2D eigenvalue weighted by molar-refractivity contribution is 6.34. The summed E-state index contributed by atoms with van der Waals surface area (Å²) in [6.45, 7) is 9.97. The molecule has 2 aliphatic heterocycles. The number of aryl methyl sites for hydroxylation is 1. The average molecular weight is 483 g/mol. The summed E-state index contributed by atoms with van der Waals surface area (Å²) in [7, 11) is 0. The number of H-pyrrole nitrogens is 1. The molecule has 186 valence electrons. The minimum Gasteiger partial charge on any atom is -0.444 e. The minimum atomic E-state index is -0.598. The number of aromatic nitrogens is 1. The number of anilines is 2. The third kappa shape index (κ3) is 5.23. The maximum atomic E-state index is 13.8. The van der Waals surface area contributed by atoms with Crippen LogP contribution in [0.15, 0.2) is 18.2 Å². The maximum absolute atomic E-state index is 13.8. The van der Waals surface area contributed by atoms with E-state index in [0.29, 0.717) is 54.1 Å². The standard InChI is InChI=1S/C26H31FN4O4/c1-14-21(12-19-18-11-17(27)8-9-20(18)29-24(19)33)28-15(2)22(14)30-23(32)16-7-6-10-31(13-16)25(34)35-26(3,4)5/h8-9,11-12,16,28H,6-7,10,13H2,1-5H3,(H,29,33)(H,30,32)/b19-12-. The first-order chi connectivity index (χ1) is 16.4. The Hall–Kier alpha value is -3.62. The van der Waals surface area contributed by atoms with Gasteiger partial charge in [0.05, 0.1) is 17.2 Å². The van der Waals surface area contributed by atoms with Crippen LogP contribution < -0.4 is 10.6 Å². The molecule has 1 fully saturated rings. The van der Waals surface area contributed by atoms with Crippen molar-refractivity contribution in [3.8, 4) is 0 Å². The Labute approximate surface area is 203 Å². The number of hydrogen-bond donors (Lipinski definition) is 3. The van der Waals surface area contributed by atoms with Gasteiger partial charge in [-0.1, -0.05) is 0 Å². The van der Waals surface area contributed by atoms with Crippen LogP contribution in [0.5, 0.6) is 0 Å². The quantitative estimate of drug-likeness (QED) is 0.544. The van der Waals surface area contributed by atoms with E-state index < -0.39 is 17.5 Å². The topological polar surface area (TPSA) is 104 Å². The fourth-order valence-corrected chi connectivity index (χ4v) is 4.46. The molecule has 0 bridgehead atoms. The van der Waals surface area contributed by atoms with Gasteiger partial charge in [0.1, 0.15) is 11.4 Å². The molecule has 1 saturated heterocycles. The largest absolute Gasteiger partial charge is 0.444 e. The molecule has 3 amide bonds. The van der Waals surface area contributed by atoms with Crippen molar-refractivity contribution in [1.29, 1.82) is 0 Å². The fraction of sp³-hybridized carbons (Fsp3) is 0.423. The van der Waals surface area contributed by atoms with Crippen LogP contribution in [-0.4, -0.2) is 46.5 Å². The van der Waals surface area contributed by atoms with E-state index >= 15 is 0 Å². The Morgan fingerprint density at radius 3 is 2.71 bits per heavy atom. The third-order valence-electron chi connectivity index (χ3n) is 6.22. The highest BCUT2D eigenvalue weighted by atomic mass is 19.1. The molecule has 1 aromatic carbocycles. The summed E-state index contributed by atoms with van der Waals surface area (Å²) < 4.78 is 19.2. The Morgan fingerprint density at radius 2 is 2.00 bits per heavy atom. The number of likely N-dealkylation sites (tertiary alicyclic amines) is 1. The maximum Gasteiger partial charge on any atom is 0.410 e. The van der Waals surface area contributed by atoms with E-state index in [4.69, 9.17) is 4.74 Å². The number of hydrogen-bond acceptors (Lipinski definition) is 4. The van der Waals surface area contributed by atoms with Gasteiger partial charge >= 0.3 is 6.09 Å². The molecule has 0 aliphatic carbocycles. The van der Waals surface area contributed by atoms with Gasteiger partial charge in [-0.05, 0) is 77.3 Å². The Balaban J connectivity index is 1.51. The predicted octanol–water partition coefficient (Wildman–Crippen LogP) is 4.85. The van der Waals surface area contributed by atoms with E-state index in [1.165, 1.54) is 18.2 Å². The molecule has 35 heavy (non-hydrogen) atoms. The lowest BCUT2D eigenvalue weighted by atomic mass is 9.97. The molecule has 0 saturated carbocycles. The molecule has 8 nitrogen and oxygen atoms in total. The van der Waals surface area contributed by atoms with Crippen LogP contribution in [0.4, 0.5) is 20.6 Å². The molecule has 3 N–H and O–H groups in total. The summed E-state index contributed by atoms with van der Waals surface area (Å²) in [6, 6.07) is 4.16. The number of halogens is 1. The number of aromatic amines is 1. The Kier molecular flexibility index (Phi) is 6.44. The smallest absolute Gasteiger partial charge is 0.410 e. The number of piperidine rings is 1. The normalized spacial score (nSPS) is 18.9. The molecule has 0 spiro atoms. The van der Waals surface area contributed by atoms with Gasteiger partial charge < -0.3 is 25.3 Å². The number of nitrogens with one attached hydrogen (secondary N) is 3. The number of ether oxygens (including phenoxy) is 1. The first kappa shape index (κ1) is 24.5. The molecule has 2 aliphatic rings. The zero-order valence-corrected chi connectivity index (χ0v) is 20.7. The van der Waals surface area contributed by atoms with Gasteiger partial charge in [0.2, 0.25) is 5.91 Å². The highest BCUT2D eigenvalue weighted by Gasteiger charge is 2.32. The first-order valence-corrected chi connectivity index (χ1v) is 11.7. The Morgan fingerprint density at radius 1 is 1.26 bits per heavy atom. The van der Waals surface area contributed by atoms with Crippen molar-refractivity contribution < 1.29 is 23.5 Å². The van der Waals surface area contributed by atoms with Crippen LogP contribution in [0.2, 0.25) is 0 Å². The highest BCUT2D eigenvalue weighted by Crippen LogP contribution is 2.35. The summed E-state index contributed by atoms with van der Waals surface area (Å²) in [5.74, 6) is -1.27. The summed E-state index contributed by atoms with van der Waals surface area (Å²) in [5.41, 5.74) is 3.59. The van der Waals surface area contributed by atoms with E-state index in [2.05, 4.69) is 15.6 Å². The second kappa shape index (κ2) is 9.20. The first-order valence-electron chi connectivity index (χ1n) is 11.7. The number of rotatable bonds is 3. The molecule has 1 atom stereocenters. The summed E-state index contributed by atoms with van der Waals surface area (Å²) in [4.78, 5) is 42.8. The average Bonchev–Trinajstić information content (AvgIpc) is 3.23. The van der Waals surface area contributed by atoms with Crippen LogP contribution in [-0.2, 0) is 14.3 Å². The molecule has 1 unspecified atom stereocenters. The SMILES string of the molecule is Cc1[nH]c(/C=C2\C(=O)Nc3ccc(F)cc32)c(C)c1NC(=O)C1CCCN(C(=O)OC(C)(C)C)C1. The second-order valence-corrected chi connectivity index (χ2v) is 10.1. The van der Waals surface area contributed by atoms with Crippen LogP contribution >= 0.6 is 0 Å². The van der Waals surface area contributed by atoms with Gasteiger partial charge in [0.25, 0.3) is 5.91 Å². The van der Waals surface area contributed by atoms with Crippen LogP contribution in [0.3, 0.4) is 0 Å². The predicted molar refractivity (Wildman–Crippen MR) is 132 cm³/mol.